The molecule has 0 saturated carbocycles. The summed E-state index contributed by atoms with van der Waals surface area (Å²) in [6.07, 6.45) is -2.03. The van der Waals surface area contributed by atoms with Gasteiger partial charge in [-0.1, -0.05) is 0 Å². The van der Waals surface area contributed by atoms with Gasteiger partial charge in [-0.25, -0.2) is 27.3 Å². The zero-order valence-corrected chi connectivity index (χ0v) is 8.92. The highest BCUT2D eigenvalue weighted by Gasteiger charge is 2.27. The van der Waals surface area contributed by atoms with Crippen molar-refractivity contribution < 1.29 is 17.2 Å². The lowest BCUT2D eigenvalue weighted by Gasteiger charge is -2.10. The fourth-order valence-electron chi connectivity index (χ4n) is 1.24. The van der Waals surface area contributed by atoms with Gasteiger partial charge in [0.1, 0.15) is 11.0 Å². The van der Waals surface area contributed by atoms with Crippen LogP contribution in [-0.2, 0) is 10.0 Å². The number of nitriles is 1. The van der Waals surface area contributed by atoms with Gasteiger partial charge in [-0.3, -0.25) is 0 Å². The minimum Gasteiger partial charge on any atom is -0.244 e. The Morgan fingerprint density at radius 2 is 2.12 bits per heavy atom. The van der Waals surface area contributed by atoms with E-state index in [1.165, 1.54) is 13.0 Å². The number of aryl methyl sites for hydroxylation is 1. The Bertz CT molecular complexity index is 563. The molecule has 0 bridgehead atoms. The third-order valence-electron chi connectivity index (χ3n) is 1.88. The van der Waals surface area contributed by atoms with Gasteiger partial charge in [-0.05, 0) is 12.5 Å². The van der Waals surface area contributed by atoms with Crippen molar-refractivity contribution >= 4 is 10.0 Å². The lowest BCUT2D eigenvalue weighted by atomic mass is 10.1. The topological polar surface area (TPSA) is 96.8 Å². The minimum absolute atomic E-state index is 0.0296. The lowest BCUT2D eigenvalue weighted by molar-refractivity contribution is 0.147. The standard InChI is InChI=1S/C8H7F2N3O2S/c1-4-3-13-5(2-11)7(16(12,14)15)6(4)8(9)10/h3,8H,1H3,(H2,12,14,15). The molecule has 86 valence electrons. The summed E-state index contributed by atoms with van der Waals surface area (Å²) in [5, 5.41) is 13.4. The molecule has 0 aliphatic carbocycles. The number of nitrogens with zero attached hydrogens (tertiary/aromatic N) is 2. The van der Waals surface area contributed by atoms with Gasteiger partial charge in [-0.2, -0.15) is 5.26 Å². The fourth-order valence-corrected chi connectivity index (χ4v) is 2.16. The predicted octanol–water partition coefficient (Wildman–Crippen LogP) is 0.847. The number of alkyl halides is 2. The normalized spacial score (nSPS) is 11.5. The number of rotatable bonds is 2. The summed E-state index contributed by atoms with van der Waals surface area (Å²) in [5.74, 6) is 0. The number of halogens is 2. The molecule has 0 atom stereocenters. The van der Waals surface area contributed by atoms with Gasteiger partial charge in [0.2, 0.25) is 10.0 Å². The van der Waals surface area contributed by atoms with Gasteiger partial charge < -0.3 is 0 Å². The maximum Gasteiger partial charge on any atom is 0.265 e. The van der Waals surface area contributed by atoms with Gasteiger partial charge >= 0.3 is 0 Å². The molecular weight excluding hydrogens is 240 g/mol. The number of hydrogen-bond donors (Lipinski definition) is 1. The molecule has 16 heavy (non-hydrogen) atoms. The molecule has 0 aromatic carbocycles. The highest BCUT2D eigenvalue weighted by molar-refractivity contribution is 7.89. The van der Waals surface area contributed by atoms with Crippen LogP contribution in [0.15, 0.2) is 11.1 Å². The number of primary sulfonamides is 1. The van der Waals surface area contributed by atoms with E-state index in [1.807, 2.05) is 0 Å². The fraction of sp³-hybridized carbons (Fsp3) is 0.250. The molecule has 0 aliphatic rings. The van der Waals surface area contributed by atoms with Crippen molar-refractivity contribution in [1.82, 2.24) is 4.98 Å². The van der Waals surface area contributed by atoms with Crippen LogP contribution < -0.4 is 5.14 Å². The van der Waals surface area contributed by atoms with Crippen LogP contribution in [0.1, 0.15) is 23.2 Å². The number of aromatic nitrogens is 1. The second kappa shape index (κ2) is 4.11. The largest absolute Gasteiger partial charge is 0.265 e. The van der Waals surface area contributed by atoms with Crippen molar-refractivity contribution in [3.05, 3.63) is 23.0 Å². The van der Waals surface area contributed by atoms with E-state index in [1.54, 1.807) is 0 Å². The summed E-state index contributed by atoms with van der Waals surface area (Å²) >= 11 is 0. The summed E-state index contributed by atoms with van der Waals surface area (Å²) < 4.78 is 47.6. The molecule has 1 aromatic heterocycles. The third kappa shape index (κ3) is 2.15. The Morgan fingerprint density at radius 3 is 2.50 bits per heavy atom. The van der Waals surface area contributed by atoms with E-state index in [0.717, 1.165) is 6.20 Å². The molecule has 0 amide bonds. The molecular formula is C8H7F2N3O2S. The van der Waals surface area contributed by atoms with E-state index in [0.29, 0.717) is 0 Å². The number of nitrogens with two attached hydrogens (primary N) is 1. The van der Waals surface area contributed by atoms with Crippen LogP contribution in [0.5, 0.6) is 0 Å². The molecule has 8 heteroatoms. The molecule has 1 aromatic rings. The van der Waals surface area contributed by atoms with Crippen molar-refractivity contribution in [1.29, 1.82) is 5.26 Å². The van der Waals surface area contributed by atoms with Crippen LogP contribution in [0.2, 0.25) is 0 Å². The summed E-state index contributed by atoms with van der Waals surface area (Å²) in [4.78, 5) is 2.55. The Kier molecular flexibility index (Phi) is 3.21. The Morgan fingerprint density at radius 1 is 1.56 bits per heavy atom. The zero-order chi connectivity index (χ0) is 12.5. The van der Waals surface area contributed by atoms with Crippen LogP contribution in [0, 0.1) is 18.3 Å². The quantitative estimate of drug-likeness (QED) is 0.837. The minimum atomic E-state index is -4.41. The number of hydrogen-bond acceptors (Lipinski definition) is 4. The van der Waals surface area contributed by atoms with Gasteiger partial charge in [0.05, 0.1) is 0 Å². The van der Waals surface area contributed by atoms with E-state index in [4.69, 9.17) is 10.4 Å². The van der Waals surface area contributed by atoms with E-state index < -0.39 is 32.6 Å². The smallest absolute Gasteiger partial charge is 0.244 e. The van der Waals surface area contributed by atoms with Crippen molar-refractivity contribution in [2.45, 2.75) is 18.2 Å². The average molecular weight is 247 g/mol. The third-order valence-corrected chi connectivity index (χ3v) is 2.86. The van der Waals surface area contributed by atoms with Gasteiger partial charge in [0.25, 0.3) is 6.43 Å². The zero-order valence-electron chi connectivity index (χ0n) is 8.11. The molecule has 5 nitrogen and oxygen atoms in total. The molecule has 1 heterocycles. The Hall–Kier alpha value is -1.59. The molecule has 0 aliphatic heterocycles. The first-order valence-electron chi connectivity index (χ1n) is 3.99. The van der Waals surface area contributed by atoms with Crippen molar-refractivity contribution in [2.75, 3.05) is 0 Å². The highest BCUT2D eigenvalue weighted by Crippen LogP contribution is 2.30. The molecule has 0 fully saturated rings. The van der Waals surface area contributed by atoms with Crippen LogP contribution in [0.4, 0.5) is 8.78 Å². The maximum absolute atomic E-state index is 12.7. The van der Waals surface area contributed by atoms with Crippen molar-refractivity contribution in [3.8, 4) is 6.07 Å². The van der Waals surface area contributed by atoms with Crippen LogP contribution in [0.25, 0.3) is 0 Å². The SMILES string of the molecule is Cc1cnc(C#N)c(S(N)(=O)=O)c1C(F)F. The summed E-state index contributed by atoms with van der Waals surface area (Å²) in [7, 11) is -4.41. The monoisotopic (exact) mass is 247 g/mol. The summed E-state index contributed by atoms with van der Waals surface area (Å²) in [6.45, 7) is 1.27. The Labute approximate surface area is 90.6 Å². The van der Waals surface area contributed by atoms with E-state index >= 15 is 0 Å². The number of sulfonamides is 1. The lowest BCUT2D eigenvalue weighted by Crippen LogP contribution is -2.18. The van der Waals surface area contributed by atoms with Crippen LogP contribution in [0.3, 0.4) is 0 Å². The second-order valence-electron chi connectivity index (χ2n) is 2.99. The first-order chi connectivity index (χ1) is 7.29. The van der Waals surface area contributed by atoms with E-state index in [-0.39, 0.29) is 5.56 Å². The van der Waals surface area contributed by atoms with Gasteiger partial charge in [0.15, 0.2) is 5.69 Å². The molecule has 0 spiro atoms. The van der Waals surface area contributed by atoms with Gasteiger partial charge in [0, 0.05) is 11.8 Å². The maximum atomic E-state index is 12.7. The number of pyridine rings is 1. The first kappa shape index (κ1) is 12.5. The van der Waals surface area contributed by atoms with Crippen LogP contribution >= 0.6 is 0 Å². The van der Waals surface area contributed by atoms with Gasteiger partial charge in [-0.15, -0.1) is 0 Å². The summed E-state index contributed by atoms with van der Waals surface area (Å²) in [5.41, 5.74) is -1.42. The summed E-state index contributed by atoms with van der Waals surface area (Å²) in [6, 6.07) is 1.42. The second-order valence-corrected chi connectivity index (χ2v) is 4.49. The molecule has 0 saturated heterocycles. The predicted molar refractivity (Wildman–Crippen MR) is 50.0 cm³/mol. The van der Waals surface area contributed by atoms with Crippen molar-refractivity contribution in [2.24, 2.45) is 5.14 Å². The highest BCUT2D eigenvalue weighted by atomic mass is 32.2. The molecule has 2 N–H and O–H groups in total. The van der Waals surface area contributed by atoms with Crippen LogP contribution in [-0.4, -0.2) is 13.4 Å². The molecule has 0 radical (unpaired) electrons. The van der Waals surface area contributed by atoms with Crippen molar-refractivity contribution in [3.63, 3.8) is 0 Å². The average Bonchev–Trinajstić information content (AvgIpc) is 2.15. The Balaban J connectivity index is 3.79. The molecule has 1 rings (SSSR count). The molecule has 0 unspecified atom stereocenters. The van der Waals surface area contributed by atoms with E-state index in [2.05, 4.69) is 4.98 Å². The first-order valence-corrected chi connectivity index (χ1v) is 5.54. The van der Waals surface area contributed by atoms with E-state index in [9.17, 15) is 17.2 Å².